The molecule has 1 aromatic heterocycles. The number of nitrogens with one attached hydrogen (secondary N) is 2. The molecule has 0 saturated heterocycles. The predicted molar refractivity (Wildman–Crippen MR) is 131 cm³/mol. The number of halogens is 6. The van der Waals surface area contributed by atoms with Gasteiger partial charge in [-0.2, -0.15) is 26.3 Å². The largest absolute Gasteiger partial charge is 0.494 e. The summed E-state index contributed by atoms with van der Waals surface area (Å²) in [6.07, 6.45) is -10.6. The molecule has 0 saturated carbocycles. The van der Waals surface area contributed by atoms with E-state index in [1.54, 1.807) is 10.8 Å². The van der Waals surface area contributed by atoms with Gasteiger partial charge in [-0.1, -0.05) is 19.1 Å². The Bertz CT molecular complexity index is 1360. The molecule has 1 aromatic carbocycles. The molecule has 0 unspecified atom stereocenters. The molecule has 2 aromatic rings. The molecule has 0 aliphatic carbocycles. The van der Waals surface area contributed by atoms with Gasteiger partial charge in [0, 0.05) is 22.6 Å². The van der Waals surface area contributed by atoms with Crippen LogP contribution >= 0.6 is 11.3 Å². The fourth-order valence-electron chi connectivity index (χ4n) is 4.00. The molecule has 7 nitrogen and oxygen atoms in total. The first kappa shape index (κ1) is 30.5. The van der Waals surface area contributed by atoms with E-state index in [2.05, 4.69) is 0 Å². The third kappa shape index (κ3) is 7.32. The minimum absolute atomic E-state index is 0.0233. The van der Waals surface area contributed by atoms with E-state index in [4.69, 9.17) is 4.74 Å². The molecular formula is C24H24F6N2O5S2. The maximum atomic E-state index is 14.7. The number of sulfonamides is 1. The van der Waals surface area contributed by atoms with E-state index in [1.165, 1.54) is 6.07 Å². The smallest absolute Gasteiger partial charge is 0.416 e. The summed E-state index contributed by atoms with van der Waals surface area (Å²) in [5.74, 6) is -2.77. The molecule has 3 rings (SSSR count). The van der Waals surface area contributed by atoms with E-state index in [9.17, 15) is 44.3 Å². The zero-order valence-corrected chi connectivity index (χ0v) is 22.3. The zero-order valence-electron chi connectivity index (χ0n) is 20.6. The van der Waals surface area contributed by atoms with Gasteiger partial charge in [-0.25, -0.2) is 13.1 Å². The number of benzene rings is 1. The first-order valence-corrected chi connectivity index (χ1v) is 14.2. The van der Waals surface area contributed by atoms with E-state index >= 15 is 0 Å². The second-order valence-electron chi connectivity index (χ2n) is 8.80. The molecule has 15 heteroatoms. The molecular weight excluding hydrogens is 574 g/mol. The Morgan fingerprint density at radius 2 is 1.74 bits per heavy atom. The number of hydrogen-bond acceptors (Lipinski definition) is 6. The number of carbonyl (C=O) groups is 2. The van der Waals surface area contributed by atoms with Crippen molar-refractivity contribution < 1.29 is 49.1 Å². The normalized spacial score (nSPS) is 18.6. The summed E-state index contributed by atoms with van der Waals surface area (Å²) in [4.78, 5) is 26.8. The van der Waals surface area contributed by atoms with Gasteiger partial charge in [-0.15, -0.1) is 11.3 Å². The first-order valence-electron chi connectivity index (χ1n) is 11.5. The molecule has 2 amide bonds. The van der Waals surface area contributed by atoms with Crippen molar-refractivity contribution in [3.63, 3.8) is 0 Å². The molecule has 1 aliphatic rings. The Labute approximate surface area is 224 Å². The van der Waals surface area contributed by atoms with E-state index < -0.39 is 63.7 Å². The van der Waals surface area contributed by atoms with E-state index in [0.29, 0.717) is 12.7 Å². The van der Waals surface area contributed by atoms with Gasteiger partial charge >= 0.3 is 12.4 Å². The molecule has 2 N–H and O–H groups in total. The van der Waals surface area contributed by atoms with Crippen LogP contribution in [0.2, 0.25) is 0 Å². The summed E-state index contributed by atoms with van der Waals surface area (Å²) in [5.41, 5.74) is -4.46. The minimum Gasteiger partial charge on any atom is -0.494 e. The van der Waals surface area contributed by atoms with Crippen molar-refractivity contribution in [1.82, 2.24) is 10.0 Å². The Morgan fingerprint density at radius 3 is 2.26 bits per heavy atom. The van der Waals surface area contributed by atoms with Crippen LogP contribution in [0.1, 0.15) is 41.5 Å². The summed E-state index contributed by atoms with van der Waals surface area (Å²) in [5, 5.41) is 1.87. The lowest BCUT2D eigenvalue weighted by atomic mass is 9.78. The van der Waals surface area contributed by atoms with Crippen LogP contribution in [0.5, 0.6) is 5.75 Å². The summed E-state index contributed by atoms with van der Waals surface area (Å²) in [6, 6.07) is 7.42. The predicted octanol–water partition coefficient (Wildman–Crippen LogP) is 4.84. The van der Waals surface area contributed by atoms with E-state index in [0.717, 1.165) is 40.5 Å². The molecule has 1 aliphatic heterocycles. The number of amides is 2. The van der Waals surface area contributed by atoms with Crippen molar-refractivity contribution in [1.29, 1.82) is 0 Å². The summed E-state index contributed by atoms with van der Waals surface area (Å²) in [7, 11) is -4.14. The number of ether oxygens (including phenoxy) is 1. The van der Waals surface area contributed by atoms with Crippen LogP contribution in [0.25, 0.3) is 5.57 Å². The number of thiophene rings is 1. The van der Waals surface area contributed by atoms with Crippen molar-refractivity contribution >= 4 is 38.7 Å². The minimum atomic E-state index is -5.08. The van der Waals surface area contributed by atoms with E-state index in [-0.39, 0.29) is 29.2 Å². The molecule has 0 fully saturated rings. The Morgan fingerprint density at radius 1 is 1.10 bits per heavy atom. The van der Waals surface area contributed by atoms with Crippen molar-refractivity contribution in [2.45, 2.75) is 50.5 Å². The van der Waals surface area contributed by atoms with Crippen LogP contribution in [0, 0.1) is 0 Å². The molecule has 0 radical (unpaired) electrons. The van der Waals surface area contributed by atoms with Crippen LogP contribution in [0.3, 0.4) is 0 Å². The number of rotatable bonds is 9. The van der Waals surface area contributed by atoms with Crippen LogP contribution in [-0.2, 0) is 31.6 Å². The van der Waals surface area contributed by atoms with E-state index in [1.807, 2.05) is 12.2 Å². The molecule has 1 atom stereocenters. The number of aryl methyl sites for hydroxylation is 1. The lowest BCUT2D eigenvalue weighted by molar-refractivity contribution is -0.201. The summed E-state index contributed by atoms with van der Waals surface area (Å²) < 4.78 is 111. The van der Waals surface area contributed by atoms with Gasteiger partial charge in [-0.05, 0) is 48.2 Å². The van der Waals surface area contributed by atoms with Crippen LogP contribution in [-0.4, -0.2) is 45.4 Å². The van der Waals surface area contributed by atoms with Crippen molar-refractivity contribution in [2.24, 2.45) is 0 Å². The fourth-order valence-corrected chi connectivity index (χ4v) is 5.43. The Balaban J connectivity index is 2.04. The van der Waals surface area contributed by atoms with Crippen molar-refractivity contribution in [3.8, 4) is 5.75 Å². The fraction of sp³-hybridized carbons (Fsp3) is 0.417. The Kier molecular flexibility index (Phi) is 8.75. The standard InChI is InChI=1S/C24H24F6N2O5S2/c1-3-16-9-10-18(38-16)17-13-22(24(28,29)30,31-20(33)19(17)21(34)32-39(2,35)36)14-5-7-15(8-6-14)37-12-4-11-23(25,26)27/h5-10H,3-4,11-13H2,1-2H3,(H,31,33)(H,32,34)/t22-/m0/s1. The topological polar surface area (TPSA) is 102 Å². The van der Waals surface area contributed by atoms with Gasteiger partial charge in [0.15, 0.2) is 5.54 Å². The molecule has 0 spiro atoms. The maximum Gasteiger partial charge on any atom is 0.416 e. The highest BCUT2D eigenvalue weighted by molar-refractivity contribution is 7.89. The van der Waals surface area contributed by atoms with Crippen molar-refractivity contribution in [2.75, 3.05) is 12.9 Å². The zero-order chi connectivity index (χ0) is 29.2. The third-order valence-corrected chi connectivity index (χ3v) is 7.66. The summed E-state index contributed by atoms with van der Waals surface area (Å²) in [6.45, 7) is 1.49. The number of alkyl halides is 6. The summed E-state index contributed by atoms with van der Waals surface area (Å²) >= 11 is 1.07. The molecule has 214 valence electrons. The third-order valence-electron chi connectivity index (χ3n) is 5.81. The quantitative estimate of drug-likeness (QED) is 0.245. The average Bonchev–Trinajstić information content (AvgIpc) is 3.28. The van der Waals surface area contributed by atoms with Gasteiger partial charge < -0.3 is 10.1 Å². The highest BCUT2D eigenvalue weighted by Crippen LogP contribution is 2.49. The molecule has 39 heavy (non-hydrogen) atoms. The highest BCUT2D eigenvalue weighted by atomic mass is 32.2. The lowest BCUT2D eigenvalue weighted by Gasteiger charge is -2.41. The molecule has 0 bridgehead atoms. The molecule has 2 heterocycles. The second-order valence-corrected chi connectivity index (χ2v) is 11.7. The van der Waals surface area contributed by atoms with Gasteiger partial charge in [0.05, 0.1) is 12.9 Å². The van der Waals surface area contributed by atoms with Gasteiger partial charge in [0.2, 0.25) is 10.0 Å². The maximum absolute atomic E-state index is 14.7. The number of carbonyl (C=O) groups excluding carboxylic acids is 2. The Hall–Kier alpha value is -3.07. The lowest BCUT2D eigenvalue weighted by Crippen LogP contribution is -2.59. The first-order chi connectivity index (χ1) is 18.0. The van der Waals surface area contributed by atoms with Crippen LogP contribution in [0.15, 0.2) is 42.0 Å². The van der Waals surface area contributed by atoms with Crippen molar-refractivity contribution in [3.05, 3.63) is 57.3 Å². The van der Waals surface area contributed by atoms with Gasteiger partial charge in [0.25, 0.3) is 11.8 Å². The highest BCUT2D eigenvalue weighted by Gasteiger charge is 2.60. The van der Waals surface area contributed by atoms with Gasteiger partial charge in [0.1, 0.15) is 11.3 Å². The average molecular weight is 599 g/mol. The van der Waals surface area contributed by atoms with Crippen LogP contribution < -0.4 is 14.8 Å². The monoisotopic (exact) mass is 598 g/mol. The number of hydrogen-bond donors (Lipinski definition) is 2. The second kappa shape index (κ2) is 11.2. The van der Waals surface area contributed by atoms with Gasteiger partial charge in [-0.3, -0.25) is 9.59 Å². The van der Waals surface area contributed by atoms with Crippen LogP contribution in [0.4, 0.5) is 26.3 Å². The SMILES string of the molecule is CCc1ccc(C2=C(C(=O)NS(C)(=O)=O)C(=O)N[C@@](c3ccc(OCCCC(F)(F)F)cc3)(C(F)(F)F)C2)s1.